The van der Waals surface area contributed by atoms with Gasteiger partial charge in [0, 0.05) is 0 Å². The van der Waals surface area contributed by atoms with Gasteiger partial charge in [-0.15, -0.1) is 0 Å². The summed E-state index contributed by atoms with van der Waals surface area (Å²) in [7, 11) is 0. The van der Waals surface area contributed by atoms with Crippen molar-refractivity contribution in [3.63, 3.8) is 0 Å². The topological polar surface area (TPSA) is 0 Å². The number of allylic oxidation sites excluding steroid dienone is 2. The van der Waals surface area contributed by atoms with Gasteiger partial charge in [0.1, 0.15) is 0 Å². The van der Waals surface area contributed by atoms with Crippen LogP contribution in [0.1, 0.15) is 99.5 Å². The van der Waals surface area contributed by atoms with Crippen LogP contribution in [0.2, 0.25) is 8.35 Å². The van der Waals surface area contributed by atoms with E-state index in [2.05, 4.69) is 125 Å². The Bertz CT molecular complexity index is 1600. The Morgan fingerprint density at radius 1 is 0.565 bits per heavy atom. The van der Waals surface area contributed by atoms with Crippen molar-refractivity contribution < 1.29 is 44.8 Å². The second-order valence-electron chi connectivity index (χ2n) is 13.9. The van der Waals surface area contributed by atoms with Crippen molar-refractivity contribution in [1.82, 2.24) is 0 Å². The molecule has 0 N–H and O–H groups in total. The van der Waals surface area contributed by atoms with Crippen molar-refractivity contribution in [3.8, 4) is 22.3 Å². The zero-order valence-corrected chi connectivity index (χ0v) is 33.1. The molecule has 0 aromatic heterocycles. The van der Waals surface area contributed by atoms with Crippen molar-refractivity contribution in [3.05, 3.63) is 129 Å². The Morgan fingerprint density at radius 2 is 0.978 bits per heavy atom. The predicted octanol–water partition coefficient (Wildman–Crippen LogP) is 7.00. The van der Waals surface area contributed by atoms with Crippen molar-refractivity contribution >= 4 is 12.2 Å². The van der Waals surface area contributed by atoms with Gasteiger partial charge in [-0.25, -0.2) is 0 Å². The Hall–Kier alpha value is -2.19. The molecule has 238 valence electrons. The average molecular weight is 814 g/mol. The maximum absolute atomic E-state index is 3.04. The summed E-state index contributed by atoms with van der Waals surface area (Å²) < 4.78 is 4.51. The number of unbranched alkanes of at least 4 members (excludes halogenated alkanes) is 2. The van der Waals surface area contributed by atoms with Gasteiger partial charge in [0.05, 0.1) is 0 Å². The maximum atomic E-state index is 2.69. The Labute approximate surface area is 295 Å². The number of halogens is 2. The van der Waals surface area contributed by atoms with E-state index in [1.807, 2.05) is 0 Å². The standard InChI is InChI=1S/2C20H21.C3H6.2ClH.Hf/c2*1-3-4-6-16-13-18-7-5-8-19(20(18)14-16)17-11-9-15(2)10-12-17;1-3-2;;;/h2*5,7-14H,3-4,6H2,1-2H3;1-3H2;2*1H;/q;;;;;+2/p-2. The fourth-order valence-electron chi connectivity index (χ4n) is 8.78. The molecule has 4 aromatic rings. The van der Waals surface area contributed by atoms with Gasteiger partial charge in [-0.05, 0) is 0 Å². The molecule has 1 heterocycles. The van der Waals surface area contributed by atoms with Crippen LogP contribution in [-0.2, 0) is 20.0 Å². The van der Waals surface area contributed by atoms with Crippen LogP contribution in [0.3, 0.4) is 0 Å². The van der Waals surface area contributed by atoms with Crippen LogP contribution in [0.4, 0.5) is 0 Å². The first-order valence-corrected chi connectivity index (χ1v) is 26.6. The van der Waals surface area contributed by atoms with Gasteiger partial charge in [0.2, 0.25) is 0 Å². The van der Waals surface area contributed by atoms with Crippen LogP contribution in [0.5, 0.6) is 0 Å². The number of fused-ring (bicyclic) bond motifs is 2. The van der Waals surface area contributed by atoms with E-state index >= 15 is 0 Å². The summed E-state index contributed by atoms with van der Waals surface area (Å²) in [5, 5.41) is 0. The van der Waals surface area contributed by atoms with Crippen LogP contribution < -0.4 is 24.8 Å². The Balaban J connectivity index is 0.00000208. The summed E-state index contributed by atoms with van der Waals surface area (Å²) in [5.74, 6) is 0. The van der Waals surface area contributed by atoms with Crippen LogP contribution in [0, 0.1) is 13.8 Å². The molecule has 3 aliphatic rings. The van der Waals surface area contributed by atoms with Gasteiger partial charge in [-0.2, -0.15) is 0 Å². The normalized spacial score (nSPS) is 18.1. The van der Waals surface area contributed by atoms with E-state index in [1.165, 1.54) is 86.7 Å². The largest absolute Gasteiger partial charge is 1.00 e. The summed E-state index contributed by atoms with van der Waals surface area (Å²) in [6.45, 7) is 9.12. The summed E-state index contributed by atoms with van der Waals surface area (Å²) in [4.78, 5) is 0. The number of benzene rings is 4. The summed E-state index contributed by atoms with van der Waals surface area (Å²) in [6, 6.07) is 33.1. The third-order valence-corrected chi connectivity index (χ3v) is 33.5. The van der Waals surface area contributed by atoms with Crippen LogP contribution >= 0.6 is 0 Å². The molecule has 2 atom stereocenters. The molecule has 46 heavy (non-hydrogen) atoms. The number of hydrogen-bond donors (Lipinski definition) is 0. The van der Waals surface area contributed by atoms with Gasteiger partial charge >= 0.3 is 272 Å². The zero-order valence-electron chi connectivity index (χ0n) is 28.0. The minimum Gasteiger partial charge on any atom is -1.00 e. The second-order valence-corrected chi connectivity index (χ2v) is 30.5. The fraction of sp³-hybridized carbons (Fsp3) is 0.349. The predicted molar refractivity (Wildman–Crippen MR) is 188 cm³/mol. The van der Waals surface area contributed by atoms with Gasteiger partial charge in [0.25, 0.3) is 0 Å². The molecule has 1 aliphatic heterocycles. The first kappa shape index (κ1) is 35.1. The van der Waals surface area contributed by atoms with Crippen molar-refractivity contribution in [2.24, 2.45) is 0 Å². The molecule has 0 saturated carbocycles. The molecule has 3 heteroatoms. The SMILES string of the molecule is CCCCC1=Cc2c(-c3ccc(C)cc3)cccc2[CH]1[Hf+2]1([CH]2C(CCCC)=Cc3c(-c4ccc(C)cc4)cccc32)[CH2]C[CH2]1.[Cl-].[Cl-]. The van der Waals surface area contributed by atoms with Crippen LogP contribution in [-0.4, -0.2) is 0 Å². The van der Waals surface area contributed by atoms with Crippen LogP contribution in [0.25, 0.3) is 34.4 Å². The molecule has 7 rings (SSSR count). The average Bonchev–Trinajstić information content (AvgIpc) is 3.58. The quantitative estimate of drug-likeness (QED) is 0.152. The molecule has 4 aromatic carbocycles. The van der Waals surface area contributed by atoms with Crippen molar-refractivity contribution in [2.45, 2.75) is 88.3 Å². The Morgan fingerprint density at radius 3 is 1.33 bits per heavy atom. The molecule has 1 fully saturated rings. The van der Waals surface area contributed by atoms with Gasteiger partial charge in [0.15, 0.2) is 0 Å². The molecule has 2 aliphatic carbocycles. The third kappa shape index (κ3) is 6.22. The van der Waals surface area contributed by atoms with Gasteiger partial charge in [-0.3, -0.25) is 0 Å². The molecule has 1 saturated heterocycles. The smallest absolute Gasteiger partial charge is 1.00 e. The first-order chi connectivity index (χ1) is 21.5. The summed E-state index contributed by atoms with van der Waals surface area (Å²) >= 11 is -3.04. The molecule has 0 nitrogen and oxygen atoms in total. The molecule has 0 radical (unpaired) electrons. The number of hydrogen-bond acceptors (Lipinski definition) is 0. The van der Waals surface area contributed by atoms with E-state index in [-0.39, 0.29) is 24.8 Å². The molecular formula is C43H48Cl2Hf. The minimum atomic E-state index is -3.04. The van der Waals surface area contributed by atoms with Gasteiger partial charge < -0.3 is 24.8 Å². The maximum Gasteiger partial charge on any atom is -1.00 e. The molecule has 0 amide bonds. The Kier molecular flexibility index (Phi) is 11.4. The molecule has 0 bridgehead atoms. The fourth-order valence-corrected chi connectivity index (χ4v) is 31.5. The zero-order chi connectivity index (χ0) is 30.3. The first-order valence-electron chi connectivity index (χ1n) is 17.3. The molecule has 0 spiro atoms. The second kappa shape index (κ2) is 14.9. The summed E-state index contributed by atoms with van der Waals surface area (Å²) in [6.07, 6.45) is 14.5. The number of aryl methyl sites for hydroxylation is 2. The van der Waals surface area contributed by atoms with Crippen molar-refractivity contribution in [2.75, 3.05) is 0 Å². The van der Waals surface area contributed by atoms with Gasteiger partial charge in [-0.1, -0.05) is 0 Å². The van der Waals surface area contributed by atoms with Crippen LogP contribution in [0.15, 0.2) is 96.1 Å². The third-order valence-electron chi connectivity index (χ3n) is 11.1. The van der Waals surface area contributed by atoms with E-state index in [4.69, 9.17) is 0 Å². The van der Waals surface area contributed by atoms with E-state index in [0.717, 1.165) is 0 Å². The minimum absolute atomic E-state index is 0. The van der Waals surface area contributed by atoms with E-state index in [1.54, 1.807) is 33.4 Å². The van der Waals surface area contributed by atoms with Crippen molar-refractivity contribution in [1.29, 1.82) is 0 Å². The van der Waals surface area contributed by atoms with E-state index in [9.17, 15) is 0 Å². The summed E-state index contributed by atoms with van der Waals surface area (Å²) in [5.41, 5.74) is 18.3. The monoisotopic (exact) mass is 814 g/mol. The number of rotatable bonds is 10. The molecule has 2 unspecified atom stereocenters. The molecular weight excluding hydrogens is 766 g/mol. The van der Waals surface area contributed by atoms with E-state index in [0.29, 0.717) is 7.35 Å². The van der Waals surface area contributed by atoms with E-state index < -0.39 is 20.0 Å².